The van der Waals surface area contributed by atoms with Crippen LogP contribution in [0.15, 0.2) is 18.2 Å². The molecule has 1 aromatic rings. The van der Waals surface area contributed by atoms with Crippen LogP contribution in [-0.2, 0) is 9.57 Å². The normalized spacial score (nSPS) is 9.82. The second-order valence-corrected chi connectivity index (χ2v) is 3.32. The number of esters is 1. The van der Waals surface area contributed by atoms with Crippen molar-refractivity contribution in [3.05, 3.63) is 29.3 Å². The number of ether oxygens (including phenoxy) is 1. The minimum absolute atomic E-state index is 0.223. The molecule has 0 saturated heterocycles. The maximum absolute atomic E-state index is 11.8. The van der Waals surface area contributed by atoms with Crippen molar-refractivity contribution < 1.29 is 19.2 Å². The molecule has 0 N–H and O–H groups in total. The maximum Gasteiger partial charge on any atom is 0.337 e. The summed E-state index contributed by atoms with van der Waals surface area (Å²) in [5, 5.41) is 1.04. The van der Waals surface area contributed by atoms with Crippen LogP contribution in [0.5, 0.6) is 0 Å². The van der Waals surface area contributed by atoms with E-state index in [1.54, 1.807) is 0 Å². The molecule has 0 saturated carbocycles. The van der Waals surface area contributed by atoms with Gasteiger partial charge < -0.3 is 4.74 Å². The first-order valence-electron chi connectivity index (χ1n) is 4.80. The van der Waals surface area contributed by atoms with Crippen LogP contribution in [0.4, 0.5) is 0 Å². The molecular weight excluding hydrogens is 221 g/mol. The van der Waals surface area contributed by atoms with Gasteiger partial charge in [0.25, 0.3) is 5.91 Å². The van der Waals surface area contributed by atoms with Crippen molar-refractivity contribution in [3.8, 4) is 0 Å². The van der Waals surface area contributed by atoms with E-state index in [9.17, 15) is 9.59 Å². The van der Waals surface area contributed by atoms with Crippen LogP contribution in [0.2, 0.25) is 0 Å². The summed E-state index contributed by atoms with van der Waals surface area (Å²) in [4.78, 5) is 27.9. The fraction of sp³-hybridized carbons (Fsp3) is 0.273. The Labute approximate surface area is 101 Å². The molecule has 2 radical (unpaired) electrons. The number of methoxy groups -OCH3 is 1. The maximum atomic E-state index is 11.8. The largest absolute Gasteiger partial charge is 0.465 e. The molecule has 0 aliphatic carbocycles. The Morgan fingerprint density at radius 1 is 1.18 bits per heavy atom. The van der Waals surface area contributed by atoms with Gasteiger partial charge in [-0.2, -0.15) is 0 Å². The van der Waals surface area contributed by atoms with Gasteiger partial charge in [-0.25, -0.2) is 9.86 Å². The van der Waals surface area contributed by atoms with Gasteiger partial charge in [-0.15, -0.1) is 0 Å². The molecule has 0 atom stereocenters. The first-order chi connectivity index (χ1) is 7.99. The van der Waals surface area contributed by atoms with Crippen LogP contribution in [0, 0.1) is 0 Å². The van der Waals surface area contributed by atoms with E-state index in [0.29, 0.717) is 5.46 Å². The standard InChI is InChI=1S/C11H12BNO4/c1-13(17-3)10(14)7-4-8(11(15)16-2)6-9(12)5-7/h4-6H,1-3H3. The molecule has 0 aliphatic heterocycles. The van der Waals surface area contributed by atoms with Gasteiger partial charge in [0.2, 0.25) is 0 Å². The van der Waals surface area contributed by atoms with Crippen molar-refractivity contribution in [2.75, 3.05) is 21.3 Å². The Bertz CT molecular complexity index is 447. The van der Waals surface area contributed by atoms with E-state index in [1.807, 2.05) is 0 Å². The number of benzene rings is 1. The molecule has 0 bridgehead atoms. The third kappa shape index (κ3) is 3.07. The summed E-state index contributed by atoms with van der Waals surface area (Å²) >= 11 is 0. The average Bonchev–Trinajstić information content (AvgIpc) is 2.35. The number of carbonyl (C=O) groups excluding carboxylic acids is 2. The summed E-state index contributed by atoms with van der Waals surface area (Å²) in [5.41, 5.74) is 0.788. The van der Waals surface area contributed by atoms with Crippen molar-refractivity contribution in [2.45, 2.75) is 0 Å². The number of nitrogens with zero attached hydrogens (tertiary/aromatic N) is 1. The molecule has 17 heavy (non-hydrogen) atoms. The predicted molar refractivity (Wildman–Crippen MR) is 62.3 cm³/mol. The van der Waals surface area contributed by atoms with Crippen LogP contribution >= 0.6 is 0 Å². The summed E-state index contributed by atoms with van der Waals surface area (Å²) in [7, 11) is 9.70. The minimum atomic E-state index is -0.550. The van der Waals surface area contributed by atoms with Crippen molar-refractivity contribution in [1.82, 2.24) is 5.06 Å². The molecule has 0 aliphatic rings. The molecule has 5 nitrogen and oxygen atoms in total. The molecule has 1 amide bonds. The lowest BCUT2D eigenvalue weighted by molar-refractivity contribution is -0.0756. The van der Waals surface area contributed by atoms with E-state index >= 15 is 0 Å². The first kappa shape index (κ1) is 13.3. The molecule has 0 fully saturated rings. The highest BCUT2D eigenvalue weighted by Crippen LogP contribution is 2.07. The number of hydrogen-bond acceptors (Lipinski definition) is 4. The SMILES string of the molecule is [B]c1cc(C(=O)OC)cc(C(=O)N(C)OC)c1. The Balaban J connectivity index is 3.13. The van der Waals surface area contributed by atoms with Crippen LogP contribution in [0.25, 0.3) is 0 Å². The highest BCUT2D eigenvalue weighted by Gasteiger charge is 2.15. The Morgan fingerprint density at radius 3 is 2.29 bits per heavy atom. The number of hydrogen-bond donors (Lipinski definition) is 0. The van der Waals surface area contributed by atoms with Gasteiger partial charge in [0, 0.05) is 12.6 Å². The van der Waals surface area contributed by atoms with Crippen molar-refractivity contribution in [1.29, 1.82) is 0 Å². The minimum Gasteiger partial charge on any atom is -0.465 e. The van der Waals surface area contributed by atoms with Crippen molar-refractivity contribution >= 4 is 25.2 Å². The summed E-state index contributed by atoms with van der Waals surface area (Å²) in [6.45, 7) is 0. The predicted octanol–water partition coefficient (Wildman–Crippen LogP) is -0.0996. The van der Waals surface area contributed by atoms with E-state index in [1.165, 1.54) is 39.5 Å². The van der Waals surface area contributed by atoms with Crippen LogP contribution in [0.1, 0.15) is 20.7 Å². The summed E-state index contributed by atoms with van der Waals surface area (Å²) in [6, 6.07) is 4.31. The lowest BCUT2D eigenvalue weighted by atomic mass is 9.92. The lowest BCUT2D eigenvalue weighted by Gasteiger charge is -2.14. The molecule has 0 unspecified atom stereocenters. The average molecular weight is 233 g/mol. The monoisotopic (exact) mass is 233 g/mol. The molecular formula is C11H12BNO4. The topological polar surface area (TPSA) is 55.8 Å². The molecule has 88 valence electrons. The van der Waals surface area contributed by atoms with Crippen LogP contribution < -0.4 is 5.46 Å². The third-order valence-electron chi connectivity index (χ3n) is 2.18. The second-order valence-electron chi connectivity index (χ2n) is 3.32. The van der Waals surface area contributed by atoms with Gasteiger partial charge in [-0.05, 0) is 6.07 Å². The van der Waals surface area contributed by atoms with E-state index in [0.717, 1.165) is 5.06 Å². The lowest BCUT2D eigenvalue weighted by Crippen LogP contribution is -2.27. The summed E-state index contributed by atoms with van der Waals surface area (Å²) < 4.78 is 4.56. The van der Waals surface area contributed by atoms with Gasteiger partial charge in [0.05, 0.1) is 19.8 Å². The first-order valence-corrected chi connectivity index (χ1v) is 4.80. The van der Waals surface area contributed by atoms with Gasteiger partial charge in [0.15, 0.2) is 0 Å². The van der Waals surface area contributed by atoms with Crippen molar-refractivity contribution in [2.24, 2.45) is 0 Å². The molecule has 1 aromatic carbocycles. The van der Waals surface area contributed by atoms with Crippen LogP contribution in [-0.4, -0.2) is 46.1 Å². The smallest absolute Gasteiger partial charge is 0.337 e. The molecule has 6 heteroatoms. The zero-order valence-corrected chi connectivity index (χ0v) is 9.89. The zero-order valence-electron chi connectivity index (χ0n) is 9.89. The fourth-order valence-corrected chi connectivity index (χ4v) is 1.28. The number of hydroxylamine groups is 2. The zero-order chi connectivity index (χ0) is 13.0. The van der Waals surface area contributed by atoms with Gasteiger partial charge in [0.1, 0.15) is 7.85 Å². The summed E-state index contributed by atoms with van der Waals surface area (Å²) in [5.74, 6) is -0.948. The van der Waals surface area contributed by atoms with Gasteiger partial charge in [-0.1, -0.05) is 17.6 Å². The second kappa shape index (κ2) is 5.49. The Kier molecular flexibility index (Phi) is 4.28. The number of carbonyl (C=O) groups is 2. The quantitative estimate of drug-likeness (QED) is 0.415. The molecule has 0 spiro atoms. The van der Waals surface area contributed by atoms with Gasteiger partial charge in [-0.3, -0.25) is 9.63 Å². The highest BCUT2D eigenvalue weighted by atomic mass is 16.7. The molecule has 0 aromatic heterocycles. The molecule has 1 rings (SSSR count). The van der Waals surface area contributed by atoms with E-state index < -0.39 is 11.9 Å². The third-order valence-corrected chi connectivity index (χ3v) is 2.18. The van der Waals surface area contributed by atoms with Gasteiger partial charge >= 0.3 is 5.97 Å². The molecule has 0 heterocycles. The highest BCUT2D eigenvalue weighted by molar-refractivity contribution is 6.33. The fourth-order valence-electron chi connectivity index (χ4n) is 1.28. The Hall–Kier alpha value is -1.82. The van der Waals surface area contributed by atoms with Crippen LogP contribution in [0.3, 0.4) is 0 Å². The number of amides is 1. The van der Waals surface area contributed by atoms with Crippen molar-refractivity contribution in [3.63, 3.8) is 0 Å². The Morgan fingerprint density at radius 2 is 1.76 bits per heavy atom. The number of rotatable bonds is 3. The summed E-state index contributed by atoms with van der Waals surface area (Å²) in [6.07, 6.45) is 0. The van der Waals surface area contributed by atoms with E-state index in [4.69, 9.17) is 12.7 Å². The van der Waals surface area contributed by atoms with E-state index in [2.05, 4.69) is 4.74 Å². The van der Waals surface area contributed by atoms with E-state index in [-0.39, 0.29) is 11.1 Å².